The van der Waals surface area contributed by atoms with Crippen LogP contribution in [-0.4, -0.2) is 16.9 Å². The summed E-state index contributed by atoms with van der Waals surface area (Å²) in [5, 5.41) is 3.19. The van der Waals surface area contributed by atoms with Crippen LogP contribution in [0.15, 0.2) is 35.4 Å². The minimum absolute atomic E-state index is 0.861. The van der Waals surface area contributed by atoms with Crippen LogP contribution in [0.1, 0.15) is 6.92 Å². The maximum absolute atomic E-state index is 5.17. The number of rotatable bonds is 3. The number of aromatic nitrogens is 2. The number of nitrogens with one attached hydrogen (secondary N) is 1. The van der Waals surface area contributed by atoms with E-state index in [1.54, 1.807) is 7.11 Å². The molecule has 0 unspecified atom stereocenters. The molecule has 16 heavy (non-hydrogen) atoms. The summed E-state index contributed by atoms with van der Waals surface area (Å²) in [5.41, 5.74) is 2.19. The van der Waals surface area contributed by atoms with Crippen LogP contribution in [0.3, 0.4) is 0 Å². The highest BCUT2D eigenvalue weighted by molar-refractivity contribution is 7.84. The average molecular weight is 234 g/mol. The number of hydrogen-bond donors (Lipinski definition) is 2. The second-order valence-electron chi connectivity index (χ2n) is 3.56. The Kier molecular flexibility index (Phi) is 3.10. The van der Waals surface area contributed by atoms with Gasteiger partial charge in [-0.15, -0.1) is 12.6 Å². The van der Waals surface area contributed by atoms with Crippen LogP contribution >= 0.6 is 12.6 Å². The van der Waals surface area contributed by atoms with Crippen molar-refractivity contribution in [1.82, 2.24) is 9.78 Å². The third-order valence-electron chi connectivity index (χ3n) is 2.22. The molecule has 1 N–H and O–H groups in total. The van der Waals surface area contributed by atoms with Crippen molar-refractivity contribution < 1.29 is 4.74 Å². The van der Waals surface area contributed by atoms with E-state index in [9.17, 15) is 0 Å². The number of ether oxygens (including phenoxy) is 1. The van der Waals surface area contributed by atoms with Crippen molar-refractivity contribution in [1.29, 1.82) is 0 Å². The molecule has 0 fully saturated rings. The molecule has 0 bridgehead atoms. The van der Waals surface area contributed by atoms with Crippen molar-refractivity contribution >= 4 is 18.8 Å². The van der Waals surface area contributed by atoms with Gasteiger partial charge in [-0.25, -0.2) is 0 Å². The van der Waals surface area contributed by atoms with E-state index >= 15 is 0 Å². The van der Waals surface area contributed by atoms with Gasteiger partial charge < -0.3 is 4.74 Å². The third kappa shape index (κ3) is 2.33. The summed E-state index contributed by atoms with van der Waals surface area (Å²) in [7, 11) is 1.67. The zero-order chi connectivity index (χ0) is 11.5. The number of thiol groups is 1. The van der Waals surface area contributed by atoms with Crippen molar-refractivity contribution in [3.8, 4) is 17.0 Å². The minimum Gasteiger partial charge on any atom is -0.497 e. The van der Waals surface area contributed by atoms with E-state index in [4.69, 9.17) is 4.74 Å². The molecule has 0 spiro atoms. The van der Waals surface area contributed by atoms with E-state index in [0.717, 1.165) is 21.9 Å². The van der Waals surface area contributed by atoms with E-state index < -0.39 is 0 Å². The maximum atomic E-state index is 5.17. The predicted molar refractivity (Wildman–Crippen MR) is 69.7 cm³/mol. The maximum Gasteiger partial charge on any atom is 0.119 e. The lowest BCUT2D eigenvalue weighted by atomic mass is 10.1. The zero-order valence-corrected chi connectivity index (χ0v) is 10.2. The summed E-state index contributed by atoms with van der Waals surface area (Å²) in [5.74, 6) is 0.861. The second-order valence-corrected chi connectivity index (χ2v) is 4.27. The Morgan fingerprint density at radius 1 is 1.50 bits per heavy atom. The van der Waals surface area contributed by atoms with Gasteiger partial charge >= 0.3 is 0 Å². The molecule has 2 aromatic rings. The molecule has 0 aliphatic rings. The normalized spacial score (nSPS) is 11.8. The van der Waals surface area contributed by atoms with Crippen LogP contribution in [-0.2, 0) is 0 Å². The fourth-order valence-electron chi connectivity index (χ4n) is 1.47. The molecule has 0 radical (unpaired) electrons. The van der Waals surface area contributed by atoms with Gasteiger partial charge in [-0.3, -0.25) is 9.78 Å². The van der Waals surface area contributed by atoms with Crippen molar-refractivity contribution in [2.45, 2.75) is 6.92 Å². The number of H-pyrrole nitrogens is 1. The van der Waals surface area contributed by atoms with Crippen LogP contribution in [0.25, 0.3) is 17.5 Å². The topological polar surface area (TPSA) is 29.9 Å². The zero-order valence-electron chi connectivity index (χ0n) is 9.27. The number of nitrogens with zero attached hydrogens (tertiary/aromatic N) is 1. The Labute approximate surface area is 100 Å². The second kappa shape index (κ2) is 4.53. The van der Waals surface area contributed by atoms with Gasteiger partial charge in [-0.1, -0.05) is 12.1 Å². The molecule has 4 heteroatoms. The summed E-state index contributed by atoms with van der Waals surface area (Å²) in [6.07, 6.45) is 3.92. The summed E-state index contributed by atoms with van der Waals surface area (Å²) < 4.78 is 7.04. The smallest absolute Gasteiger partial charge is 0.119 e. The number of benzene rings is 1. The first kappa shape index (κ1) is 11.0. The van der Waals surface area contributed by atoms with Gasteiger partial charge in [0.2, 0.25) is 0 Å². The molecule has 0 saturated heterocycles. The molecule has 0 aliphatic carbocycles. The number of aromatic amines is 1. The quantitative estimate of drug-likeness (QED) is 0.785. The van der Waals surface area contributed by atoms with Gasteiger partial charge in [0.25, 0.3) is 0 Å². The molecule has 2 rings (SSSR count). The van der Waals surface area contributed by atoms with Gasteiger partial charge in [0.05, 0.1) is 19.0 Å². The number of methoxy groups -OCH3 is 1. The Balaban J connectivity index is 2.21. The van der Waals surface area contributed by atoms with Crippen molar-refractivity contribution in [3.63, 3.8) is 0 Å². The average Bonchev–Trinajstić information content (AvgIpc) is 2.22. The largest absolute Gasteiger partial charge is 0.497 e. The number of hydrogen-bond acceptors (Lipinski definition) is 2. The highest BCUT2D eigenvalue weighted by Gasteiger charge is 2.04. The first-order valence-electron chi connectivity index (χ1n) is 4.97. The standard InChI is InChI=1S/C12H14N2OS/c1-9(16)7-14-8-12(13-14)10-4-3-5-11(6-10)15-2/h3-8,13,16H,1-2H3/b9-7-. The van der Waals surface area contributed by atoms with Gasteiger partial charge in [-0.05, 0) is 24.0 Å². The predicted octanol–water partition coefficient (Wildman–Crippen LogP) is 3.24. The van der Waals surface area contributed by atoms with Gasteiger partial charge in [-0.2, -0.15) is 0 Å². The molecular weight excluding hydrogens is 220 g/mol. The van der Waals surface area contributed by atoms with Crippen LogP contribution in [0.5, 0.6) is 5.75 Å². The summed E-state index contributed by atoms with van der Waals surface area (Å²) in [6, 6.07) is 7.93. The van der Waals surface area contributed by atoms with E-state index in [2.05, 4.69) is 17.7 Å². The number of allylic oxidation sites excluding steroid dienone is 1. The van der Waals surface area contributed by atoms with Crippen LogP contribution in [0.4, 0.5) is 0 Å². The summed E-state index contributed by atoms with van der Waals surface area (Å²) >= 11 is 4.20. The lowest BCUT2D eigenvalue weighted by Gasteiger charge is -2.13. The van der Waals surface area contributed by atoms with E-state index in [0.29, 0.717) is 0 Å². The monoisotopic (exact) mass is 234 g/mol. The van der Waals surface area contributed by atoms with Crippen LogP contribution in [0, 0.1) is 0 Å². The Hall–Kier alpha value is -1.55. The molecular formula is C12H14N2OS. The first-order chi connectivity index (χ1) is 7.69. The Morgan fingerprint density at radius 2 is 2.25 bits per heavy atom. The highest BCUT2D eigenvalue weighted by atomic mass is 32.1. The van der Waals surface area contributed by atoms with Crippen molar-refractivity contribution in [2.75, 3.05) is 7.11 Å². The van der Waals surface area contributed by atoms with Gasteiger partial charge in [0, 0.05) is 11.8 Å². The molecule has 1 aromatic heterocycles. The molecule has 0 aliphatic heterocycles. The fraction of sp³-hybridized carbons (Fsp3) is 0.167. The molecule has 0 saturated carbocycles. The third-order valence-corrected chi connectivity index (χ3v) is 2.34. The summed E-state index contributed by atoms with van der Waals surface area (Å²) in [4.78, 5) is 0.952. The first-order valence-corrected chi connectivity index (χ1v) is 5.42. The molecule has 3 nitrogen and oxygen atoms in total. The highest BCUT2D eigenvalue weighted by Crippen LogP contribution is 2.23. The molecule has 0 atom stereocenters. The minimum atomic E-state index is 0.861. The lowest BCUT2D eigenvalue weighted by Crippen LogP contribution is -2.04. The van der Waals surface area contributed by atoms with Crippen molar-refractivity contribution in [2.24, 2.45) is 0 Å². The molecule has 84 valence electrons. The van der Waals surface area contributed by atoms with E-state index in [1.807, 2.05) is 48.3 Å². The molecule has 1 heterocycles. The van der Waals surface area contributed by atoms with Crippen molar-refractivity contribution in [3.05, 3.63) is 35.4 Å². The Morgan fingerprint density at radius 3 is 2.88 bits per heavy atom. The van der Waals surface area contributed by atoms with E-state index in [-0.39, 0.29) is 0 Å². The van der Waals surface area contributed by atoms with Crippen LogP contribution < -0.4 is 4.74 Å². The van der Waals surface area contributed by atoms with Gasteiger partial charge in [0.15, 0.2) is 0 Å². The fourth-order valence-corrected chi connectivity index (χ4v) is 1.60. The SMILES string of the molecule is COc1cccc(-c2cn(/C=C(/C)S)[nH]2)c1. The van der Waals surface area contributed by atoms with E-state index in [1.165, 1.54) is 0 Å². The van der Waals surface area contributed by atoms with Gasteiger partial charge in [0.1, 0.15) is 5.75 Å². The molecule has 0 amide bonds. The van der Waals surface area contributed by atoms with Crippen LogP contribution in [0.2, 0.25) is 0 Å². The lowest BCUT2D eigenvalue weighted by molar-refractivity contribution is 0.415. The summed E-state index contributed by atoms with van der Waals surface area (Å²) in [6.45, 7) is 1.93. The molecule has 1 aromatic carbocycles. The Bertz CT molecular complexity index is 495.